The molecule has 1 atom stereocenters. The molecule has 29 heavy (non-hydrogen) atoms. The van der Waals surface area contributed by atoms with E-state index in [2.05, 4.69) is 5.32 Å². The second kappa shape index (κ2) is 9.65. The van der Waals surface area contributed by atoms with Crippen LogP contribution in [0.15, 0.2) is 42.5 Å². The summed E-state index contributed by atoms with van der Waals surface area (Å²) in [7, 11) is -1.85. The first kappa shape index (κ1) is 22.5. The van der Waals surface area contributed by atoms with Crippen molar-refractivity contribution in [1.29, 1.82) is 0 Å². The Labute approximate surface area is 172 Å². The maximum Gasteiger partial charge on any atom is 0.260 e. The summed E-state index contributed by atoms with van der Waals surface area (Å²) in [4.78, 5) is 12.2. The standard InChI is InChI=1S/C21H28N2O5S/c1-15-6-9-20(14-16(15)2)27-13-12-22-21(24)17(3)28-19-10-7-18(8-11-19)23(4)29(5,25)26/h6-11,14,17H,12-13H2,1-5H3,(H,22,24)/t17-/m1/s1. The van der Waals surface area contributed by atoms with Crippen molar-refractivity contribution in [2.24, 2.45) is 0 Å². The third-order valence-electron chi connectivity index (χ3n) is 4.53. The van der Waals surface area contributed by atoms with Crippen LogP contribution in [0.25, 0.3) is 0 Å². The maximum atomic E-state index is 12.2. The van der Waals surface area contributed by atoms with E-state index in [9.17, 15) is 13.2 Å². The topological polar surface area (TPSA) is 84.9 Å². The fourth-order valence-electron chi connectivity index (χ4n) is 2.47. The summed E-state index contributed by atoms with van der Waals surface area (Å²) in [6, 6.07) is 12.4. The Morgan fingerprint density at radius 2 is 1.69 bits per heavy atom. The Hall–Kier alpha value is -2.74. The van der Waals surface area contributed by atoms with Crippen LogP contribution in [0.1, 0.15) is 18.1 Å². The Bertz CT molecular complexity index is 942. The summed E-state index contributed by atoms with van der Waals surface area (Å²) in [5, 5.41) is 2.77. The molecule has 0 aliphatic carbocycles. The smallest absolute Gasteiger partial charge is 0.260 e. The first-order valence-electron chi connectivity index (χ1n) is 9.26. The van der Waals surface area contributed by atoms with Crippen molar-refractivity contribution in [2.75, 3.05) is 30.8 Å². The van der Waals surface area contributed by atoms with Crippen molar-refractivity contribution in [3.8, 4) is 11.5 Å². The number of carbonyl (C=O) groups is 1. The molecular formula is C21H28N2O5S. The predicted octanol–water partition coefficient (Wildman–Crippen LogP) is 2.66. The molecule has 0 fully saturated rings. The lowest BCUT2D eigenvalue weighted by molar-refractivity contribution is -0.127. The summed E-state index contributed by atoms with van der Waals surface area (Å²) in [5.41, 5.74) is 2.87. The average molecular weight is 421 g/mol. The van der Waals surface area contributed by atoms with Gasteiger partial charge >= 0.3 is 0 Å². The van der Waals surface area contributed by atoms with Crippen molar-refractivity contribution >= 4 is 21.6 Å². The van der Waals surface area contributed by atoms with Gasteiger partial charge in [0.15, 0.2) is 6.10 Å². The van der Waals surface area contributed by atoms with E-state index in [0.29, 0.717) is 24.6 Å². The summed E-state index contributed by atoms with van der Waals surface area (Å²) >= 11 is 0. The van der Waals surface area contributed by atoms with Gasteiger partial charge in [0.2, 0.25) is 10.0 Å². The van der Waals surface area contributed by atoms with E-state index >= 15 is 0 Å². The first-order valence-corrected chi connectivity index (χ1v) is 11.1. The van der Waals surface area contributed by atoms with Gasteiger partial charge in [0.25, 0.3) is 5.91 Å². The molecule has 2 aromatic rings. The van der Waals surface area contributed by atoms with E-state index in [1.165, 1.54) is 16.9 Å². The number of ether oxygens (including phenoxy) is 2. The molecule has 0 saturated heterocycles. The van der Waals surface area contributed by atoms with E-state index in [1.807, 2.05) is 32.0 Å². The third kappa shape index (κ3) is 6.67. The van der Waals surface area contributed by atoms with Crippen molar-refractivity contribution in [3.05, 3.63) is 53.6 Å². The van der Waals surface area contributed by atoms with Crippen LogP contribution in [0.4, 0.5) is 5.69 Å². The van der Waals surface area contributed by atoms with Gasteiger partial charge in [0, 0.05) is 7.05 Å². The van der Waals surface area contributed by atoms with Gasteiger partial charge < -0.3 is 14.8 Å². The lowest BCUT2D eigenvalue weighted by Crippen LogP contribution is -2.38. The van der Waals surface area contributed by atoms with Crippen LogP contribution in [0, 0.1) is 13.8 Å². The summed E-state index contributed by atoms with van der Waals surface area (Å²) < 4.78 is 35.6. The molecule has 0 aliphatic rings. The molecule has 0 aliphatic heterocycles. The molecule has 7 nitrogen and oxygen atoms in total. The van der Waals surface area contributed by atoms with E-state index in [-0.39, 0.29) is 5.91 Å². The minimum atomic E-state index is -3.33. The second-order valence-electron chi connectivity index (χ2n) is 6.87. The molecule has 0 saturated carbocycles. The fourth-order valence-corrected chi connectivity index (χ4v) is 2.98. The number of carbonyl (C=O) groups excluding carboxylic acids is 1. The molecule has 2 rings (SSSR count). The molecule has 8 heteroatoms. The zero-order chi connectivity index (χ0) is 21.6. The van der Waals surface area contributed by atoms with Gasteiger partial charge in [-0.05, 0) is 68.3 Å². The van der Waals surface area contributed by atoms with Crippen LogP contribution >= 0.6 is 0 Å². The van der Waals surface area contributed by atoms with E-state index < -0.39 is 16.1 Å². The van der Waals surface area contributed by atoms with Crippen molar-refractivity contribution in [3.63, 3.8) is 0 Å². The van der Waals surface area contributed by atoms with Gasteiger partial charge in [-0.2, -0.15) is 0 Å². The van der Waals surface area contributed by atoms with Crippen LogP contribution in [0.5, 0.6) is 11.5 Å². The maximum absolute atomic E-state index is 12.2. The summed E-state index contributed by atoms with van der Waals surface area (Å²) in [6.45, 7) is 6.42. The lowest BCUT2D eigenvalue weighted by atomic mass is 10.1. The molecule has 0 heterocycles. The summed E-state index contributed by atoms with van der Waals surface area (Å²) in [6.07, 6.45) is 0.433. The number of hydrogen-bond donors (Lipinski definition) is 1. The highest BCUT2D eigenvalue weighted by atomic mass is 32.2. The van der Waals surface area contributed by atoms with Gasteiger partial charge in [-0.3, -0.25) is 9.10 Å². The minimum absolute atomic E-state index is 0.258. The van der Waals surface area contributed by atoms with Crippen LogP contribution in [-0.4, -0.2) is 46.9 Å². The molecule has 1 amide bonds. The highest BCUT2D eigenvalue weighted by Gasteiger charge is 2.15. The van der Waals surface area contributed by atoms with Gasteiger partial charge in [-0.25, -0.2) is 8.42 Å². The number of aryl methyl sites for hydroxylation is 2. The first-order chi connectivity index (χ1) is 13.6. The Morgan fingerprint density at radius 1 is 1.07 bits per heavy atom. The number of hydrogen-bond acceptors (Lipinski definition) is 5. The number of nitrogens with zero attached hydrogens (tertiary/aromatic N) is 1. The van der Waals surface area contributed by atoms with E-state index in [4.69, 9.17) is 9.47 Å². The van der Waals surface area contributed by atoms with Gasteiger partial charge in [0.1, 0.15) is 18.1 Å². The number of rotatable bonds is 9. The molecule has 0 aromatic heterocycles. The molecule has 0 radical (unpaired) electrons. The monoisotopic (exact) mass is 420 g/mol. The molecule has 158 valence electrons. The number of amides is 1. The third-order valence-corrected chi connectivity index (χ3v) is 5.73. The minimum Gasteiger partial charge on any atom is -0.492 e. The molecule has 2 aromatic carbocycles. The van der Waals surface area contributed by atoms with Crippen molar-refractivity contribution in [2.45, 2.75) is 26.9 Å². The Balaban J connectivity index is 1.79. The Morgan fingerprint density at radius 3 is 2.28 bits per heavy atom. The summed E-state index contributed by atoms with van der Waals surface area (Å²) in [5.74, 6) is 0.987. The quantitative estimate of drug-likeness (QED) is 0.631. The highest BCUT2D eigenvalue weighted by Crippen LogP contribution is 2.21. The molecule has 0 unspecified atom stereocenters. The highest BCUT2D eigenvalue weighted by molar-refractivity contribution is 7.92. The van der Waals surface area contributed by atoms with Gasteiger partial charge in [0.05, 0.1) is 18.5 Å². The predicted molar refractivity (Wildman–Crippen MR) is 114 cm³/mol. The lowest BCUT2D eigenvalue weighted by Gasteiger charge is -2.18. The number of benzene rings is 2. The molecule has 0 spiro atoms. The largest absolute Gasteiger partial charge is 0.492 e. The fraction of sp³-hybridized carbons (Fsp3) is 0.381. The normalized spacial score (nSPS) is 12.2. The number of nitrogens with one attached hydrogen (secondary N) is 1. The molecule has 0 bridgehead atoms. The van der Waals surface area contributed by atoms with Crippen LogP contribution in [-0.2, 0) is 14.8 Å². The van der Waals surface area contributed by atoms with Crippen LogP contribution in [0.2, 0.25) is 0 Å². The number of anilines is 1. The number of sulfonamides is 1. The van der Waals surface area contributed by atoms with Crippen molar-refractivity contribution in [1.82, 2.24) is 5.32 Å². The zero-order valence-corrected chi connectivity index (χ0v) is 18.2. The Kier molecular flexibility index (Phi) is 7.50. The van der Waals surface area contributed by atoms with Crippen LogP contribution in [0.3, 0.4) is 0 Å². The molecule has 1 N–H and O–H groups in total. The molecular weight excluding hydrogens is 392 g/mol. The van der Waals surface area contributed by atoms with E-state index in [0.717, 1.165) is 17.6 Å². The van der Waals surface area contributed by atoms with E-state index in [1.54, 1.807) is 31.2 Å². The van der Waals surface area contributed by atoms with Gasteiger partial charge in [-0.1, -0.05) is 6.07 Å². The SMILES string of the molecule is Cc1ccc(OCCNC(=O)[C@@H](C)Oc2ccc(N(C)S(C)(=O)=O)cc2)cc1C. The van der Waals surface area contributed by atoms with Gasteiger partial charge in [-0.15, -0.1) is 0 Å². The van der Waals surface area contributed by atoms with Crippen LogP contribution < -0.4 is 19.1 Å². The average Bonchev–Trinajstić information content (AvgIpc) is 2.67. The zero-order valence-electron chi connectivity index (χ0n) is 17.4. The second-order valence-corrected chi connectivity index (χ2v) is 8.88. The van der Waals surface area contributed by atoms with Crippen molar-refractivity contribution < 1.29 is 22.7 Å².